The Balaban J connectivity index is 1.41. The van der Waals surface area contributed by atoms with E-state index in [2.05, 4.69) is 73.8 Å². The number of carboxylic acid groups (broad SMARTS) is 1. The zero-order chi connectivity index (χ0) is 68.9. The molecule has 2 saturated heterocycles. The summed E-state index contributed by atoms with van der Waals surface area (Å²) in [6.07, 6.45) is 1.46. The topological polar surface area (TPSA) is 459 Å². The lowest BCUT2D eigenvalue weighted by atomic mass is 10.0. The van der Waals surface area contributed by atoms with Crippen LogP contribution in [0, 0.1) is 5.92 Å². The highest BCUT2D eigenvalue weighted by Crippen LogP contribution is 2.26. The van der Waals surface area contributed by atoms with Crippen molar-refractivity contribution in [1.82, 2.24) is 83.6 Å². The smallest absolute Gasteiger partial charge is 0.305 e. The number of H-pyrrole nitrogens is 1. The number of phenolic OH excluding ortho intramolecular Hbond substituents is 1. The number of aromatic amines is 1. The van der Waals surface area contributed by atoms with Crippen LogP contribution in [0.25, 0.3) is 0 Å². The highest BCUT2D eigenvalue weighted by atomic mass is 33.1. The molecule has 94 heavy (non-hydrogen) atoms. The number of aromatic hydroxyl groups is 1. The number of carbonyl (C=O) groups excluding carboxylic acids is 13. The first kappa shape index (κ1) is 75.4. The molecule has 8 atom stereocenters. The lowest BCUT2D eigenvalue weighted by molar-refractivity contribution is -0.142. The molecule has 13 amide bonds. The number of carboxylic acids is 1. The predicted molar refractivity (Wildman–Crippen MR) is 343 cm³/mol. The summed E-state index contributed by atoms with van der Waals surface area (Å²) in [5, 5.41) is 50.9. The van der Waals surface area contributed by atoms with Crippen LogP contribution >= 0.6 is 21.6 Å². The first-order chi connectivity index (χ1) is 44.8. The molecule has 0 radical (unpaired) electrons. The van der Waals surface area contributed by atoms with Crippen molar-refractivity contribution in [2.45, 2.75) is 121 Å². The monoisotopic (exact) mass is 1350 g/mol. The van der Waals surface area contributed by atoms with Crippen molar-refractivity contribution in [3.8, 4) is 5.75 Å². The minimum Gasteiger partial charge on any atom is -0.508 e. The van der Waals surface area contributed by atoms with E-state index in [1.807, 2.05) is 0 Å². The maximum atomic E-state index is 15.1. The molecule has 0 spiro atoms. The van der Waals surface area contributed by atoms with Gasteiger partial charge < -0.3 is 83.9 Å². The van der Waals surface area contributed by atoms with E-state index in [1.165, 1.54) is 62.6 Å². The molecule has 512 valence electrons. The van der Waals surface area contributed by atoms with Gasteiger partial charge in [-0.15, -0.1) is 0 Å². The summed E-state index contributed by atoms with van der Waals surface area (Å²) in [5.74, 6) is -11.9. The Morgan fingerprint density at radius 2 is 1.30 bits per heavy atom. The highest BCUT2D eigenvalue weighted by molar-refractivity contribution is 8.76. The van der Waals surface area contributed by atoms with Crippen LogP contribution in [0.3, 0.4) is 0 Å². The van der Waals surface area contributed by atoms with Gasteiger partial charge in [-0.3, -0.25) is 72.0 Å². The average molecular weight is 1350 g/mol. The molecule has 34 heteroatoms. The summed E-state index contributed by atoms with van der Waals surface area (Å²) in [5.41, 5.74) is 1.34. The molecular formula is C60H84N16O16S2. The molecule has 3 aromatic rings. The van der Waals surface area contributed by atoms with Gasteiger partial charge in [0.15, 0.2) is 0 Å². The van der Waals surface area contributed by atoms with Gasteiger partial charge in [0.2, 0.25) is 76.8 Å². The van der Waals surface area contributed by atoms with Gasteiger partial charge in [-0.05, 0) is 48.4 Å². The Labute approximate surface area is 550 Å². The molecule has 32 nitrogen and oxygen atoms in total. The van der Waals surface area contributed by atoms with Gasteiger partial charge in [-0.1, -0.05) is 77.9 Å². The number of benzene rings is 2. The fraction of sp³-hybridized carbons (Fsp3) is 0.517. The molecule has 2 aliphatic heterocycles. The lowest BCUT2D eigenvalue weighted by Crippen LogP contribution is -2.61. The predicted octanol–water partition coefficient (Wildman–Crippen LogP) is -4.00. The lowest BCUT2D eigenvalue weighted by Gasteiger charge is -2.31. The van der Waals surface area contributed by atoms with E-state index in [4.69, 9.17) is 0 Å². The van der Waals surface area contributed by atoms with Crippen molar-refractivity contribution in [3.63, 3.8) is 0 Å². The zero-order valence-electron chi connectivity index (χ0n) is 52.8. The minimum absolute atomic E-state index is 0.000800. The molecule has 2 aliphatic rings. The number of carbonyl (C=O) groups is 14. The maximum Gasteiger partial charge on any atom is 0.305 e. The summed E-state index contributed by atoms with van der Waals surface area (Å²) in [6, 6.07) is 2.48. The second-order valence-electron chi connectivity index (χ2n) is 22.7. The molecule has 2 fully saturated rings. The molecule has 0 saturated carbocycles. The van der Waals surface area contributed by atoms with Crippen LogP contribution < -0.4 is 63.8 Å². The Hall–Kier alpha value is -9.31. The number of fused-ring (bicyclic) bond motifs is 1. The number of aliphatic carboxylic acids is 1. The number of phenols is 1. The van der Waals surface area contributed by atoms with Crippen molar-refractivity contribution < 1.29 is 77.3 Å². The quantitative estimate of drug-likeness (QED) is 0.0308. The van der Waals surface area contributed by atoms with Gasteiger partial charge >= 0.3 is 5.97 Å². The summed E-state index contributed by atoms with van der Waals surface area (Å²) in [7, 11) is 3.36. The second kappa shape index (κ2) is 38.6. The van der Waals surface area contributed by atoms with E-state index in [9.17, 15) is 72.5 Å². The second-order valence-corrected chi connectivity index (χ2v) is 25.3. The summed E-state index contributed by atoms with van der Waals surface area (Å²) in [4.78, 5) is 199. The van der Waals surface area contributed by atoms with Crippen LogP contribution in [-0.4, -0.2) is 232 Å². The first-order valence-corrected chi connectivity index (χ1v) is 32.9. The maximum absolute atomic E-state index is 15.1. The van der Waals surface area contributed by atoms with Crippen LogP contribution in [0.2, 0.25) is 0 Å². The fourth-order valence-electron chi connectivity index (χ4n) is 9.92. The Morgan fingerprint density at radius 1 is 0.691 bits per heavy atom. The van der Waals surface area contributed by atoms with Crippen LogP contribution in [0.5, 0.6) is 5.75 Å². The van der Waals surface area contributed by atoms with Crippen LogP contribution in [0.4, 0.5) is 0 Å². The van der Waals surface area contributed by atoms with Gasteiger partial charge in [0.05, 0.1) is 32.4 Å². The zero-order valence-corrected chi connectivity index (χ0v) is 54.5. The number of rotatable bonds is 28. The van der Waals surface area contributed by atoms with Gasteiger partial charge in [0.1, 0.15) is 54.1 Å². The minimum atomic E-state index is -1.80. The van der Waals surface area contributed by atoms with Crippen LogP contribution in [0.15, 0.2) is 67.1 Å². The van der Waals surface area contributed by atoms with Gasteiger partial charge in [-0.2, -0.15) is 0 Å². The number of hydrogen-bond donors (Lipinski definition) is 15. The van der Waals surface area contributed by atoms with Gasteiger partial charge in [0.25, 0.3) is 0 Å². The number of likely N-dealkylation sites (N-methyl/N-ethyl adjacent to an activating group) is 1. The van der Waals surface area contributed by atoms with E-state index in [0.717, 1.165) is 21.6 Å². The molecule has 15 N–H and O–H groups in total. The first-order valence-electron chi connectivity index (χ1n) is 30.4. The number of hydrogen-bond acceptors (Lipinski definition) is 19. The molecular weight excluding hydrogens is 1260 g/mol. The molecule has 3 heterocycles. The van der Waals surface area contributed by atoms with Gasteiger partial charge in [0, 0.05) is 96.3 Å². The Bertz CT molecular complexity index is 3110. The van der Waals surface area contributed by atoms with E-state index in [0.29, 0.717) is 16.8 Å². The summed E-state index contributed by atoms with van der Waals surface area (Å²) < 4.78 is 0. The van der Waals surface area contributed by atoms with Crippen molar-refractivity contribution in [3.05, 3.63) is 83.9 Å². The number of aromatic nitrogens is 2. The van der Waals surface area contributed by atoms with Crippen molar-refractivity contribution in [2.24, 2.45) is 5.92 Å². The number of nitrogens with zero attached hydrogens (tertiary/aromatic N) is 3. The van der Waals surface area contributed by atoms with Gasteiger partial charge in [-0.25, -0.2) is 4.98 Å². The molecule has 0 aliphatic carbocycles. The molecule has 0 unspecified atom stereocenters. The number of amides is 13. The van der Waals surface area contributed by atoms with Crippen LogP contribution in [0.1, 0.15) is 70.2 Å². The molecule has 2 aromatic carbocycles. The van der Waals surface area contributed by atoms with E-state index >= 15 is 4.79 Å². The highest BCUT2D eigenvalue weighted by Gasteiger charge is 2.41. The Morgan fingerprint density at radius 3 is 1.93 bits per heavy atom. The van der Waals surface area contributed by atoms with Crippen molar-refractivity contribution >= 4 is 104 Å². The van der Waals surface area contributed by atoms with E-state index in [-0.39, 0.29) is 113 Å². The molecule has 1 aromatic heterocycles. The van der Waals surface area contributed by atoms with E-state index < -0.39 is 139 Å². The molecule has 5 rings (SSSR count). The van der Waals surface area contributed by atoms with Crippen molar-refractivity contribution in [1.29, 1.82) is 0 Å². The fourth-order valence-corrected chi connectivity index (χ4v) is 12.2. The van der Waals surface area contributed by atoms with Crippen LogP contribution in [-0.2, 0) is 86.4 Å². The normalized spacial score (nSPS) is 19.7. The van der Waals surface area contributed by atoms with E-state index in [1.54, 1.807) is 49.1 Å². The summed E-state index contributed by atoms with van der Waals surface area (Å²) >= 11 is 0. The third-order valence-electron chi connectivity index (χ3n) is 14.7. The Kier molecular flexibility index (Phi) is 31.0. The summed E-state index contributed by atoms with van der Waals surface area (Å²) in [6.45, 7) is 5.68. The third kappa shape index (κ3) is 26.4. The molecule has 0 bridgehead atoms. The number of nitrogens with one attached hydrogen (secondary N) is 13. The average Bonchev–Trinajstić information content (AvgIpc) is 1.57. The SMILES string of the molecule is CNC(=O)[C@@H]1CSSC[C@H](NC(=O)[C@H](Cc2cnc[nH]2)NC(=O)[C@H](Cc2ccccc2)NC(=O)CNC(=O)CNC(=O)CN(CCNC(C)=O)CCNC(C)=O)C(=O)N2CCC[C@H]2C(=O)N[C@@H](Cc2ccc(O)cc2)C(=O)N[C@@H](CC(=O)O)C(=O)N[C@@H](CC(C)C)C(=O)N1. The third-order valence-corrected chi connectivity index (χ3v) is 17.1. The largest absolute Gasteiger partial charge is 0.508 e. The number of imidazole rings is 1. The van der Waals surface area contributed by atoms with Crippen molar-refractivity contribution in [2.75, 3.05) is 70.9 Å². The standard InChI is InChI=1S/C60H84N16O16S2/c1-34(2)22-41-54(86)73-46(53(85)61-5)31-93-94-32-47(60(92)76-19-9-12-48(76)59(91)72-43(24-38-13-15-40(79)16-14-38)56(88)71-45(26-52(83)84)58(90)69-41)74-57(89)44(25-39-27-62-33-67-39)70-55(87)42(23-37-10-7-6-8-11-37)68-50(81)29-65-49(80)28-66-51(82)30-75(20-17-63-35(3)77)21-18-64-36(4)78/h6-8,10-11,13-16,27,33-34,41-48,79H,9,12,17-26,28-32H2,1-5H3,(H,61,85)(H,62,67)(H,63,77)(H,64,78)(H,65,80)(H,66,82)(H,68,81)(H,69,90)(H,70,87)(H,71,88)(H,72,91)(H,73,86)(H,74,89)(H,83,84)/t41-,42-,43-,44-,45-,46-,47-,48-/m0/s1.